The highest BCUT2D eigenvalue weighted by Crippen LogP contribution is 2.41. The second-order valence-corrected chi connectivity index (χ2v) is 18.1. The number of amides is 2. The maximum Gasteiger partial charge on any atom is 0.407 e. The number of fused-ring (bicyclic) bond motifs is 3. The van der Waals surface area contributed by atoms with Gasteiger partial charge in [-0.05, 0) is 70.8 Å². The van der Waals surface area contributed by atoms with Gasteiger partial charge < -0.3 is 63.1 Å². The lowest BCUT2D eigenvalue weighted by molar-refractivity contribution is -0.133. The van der Waals surface area contributed by atoms with Crippen molar-refractivity contribution in [2.24, 2.45) is 5.92 Å². The van der Waals surface area contributed by atoms with Crippen molar-refractivity contribution in [3.63, 3.8) is 0 Å². The van der Waals surface area contributed by atoms with E-state index in [0.29, 0.717) is 123 Å². The van der Waals surface area contributed by atoms with Crippen LogP contribution in [0.15, 0.2) is 6.07 Å². The number of thiophene rings is 1. The number of nitrogens with two attached hydrogens (primary N) is 1. The number of piperidine rings is 1. The lowest BCUT2D eigenvalue weighted by atomic mass is 9.95. The highest BCUT2D eigenvalue weighted by molar-refractivity contribution is 7.20. The van der Waals surface area contributed by atoms with E-state index < -0.39 is 11.7 Å². The summed E-state index contributed by atoms with van der Waals surface area (Å²) in [6, 6.07) is 2.23. The van der Waals surface area contributed by atoms with E-state index in [0.717, 1.165) is 100 Å². The summed E-state index contributed by atoms with van der Waals surface area (Å²) in [7, 11) is 0. The molecule has 0 atom stereocenters. The molecule has 2 amide bonds. The number of ether oxygens (including phenoxy) is 9. The number of hydrogen-bond acceptors (Lipinski definition) is 15. The summed E-state index contributed by atoms with van der Waals surface area (Å²) in [4.78, 5) is 37.8. The lowest BCUT2D eigenvalue weighted by Gasteiger charge is -2.31. The highest BCUT2D eigenvalue weighted by atomic mass is 32.1. The summed E-state index contributed by atoms with van der Waals surface area (Å²) in [5.74, 6) is 2.70. The summed E-state index contributed by atoms with van der Waals surface area (Å²) in [6.45, 7) is 18.4. The van der Waals surface area contributed by atoms with Crippen LogP contribution in [0.1, 0.15) is 89.3 Å². The number of unbranched alkanes of at least 4 members (excludes halogenated alkanes) is 1. The highest BCUT2D eigenvalue weighted by Gasteiger charge is 2.28. The molecule has 0 saturated carbocycles. The maximum absolute atomic E-state index is 13.0. The van der Waals surface area contributed by atoms with Crippen LogP contribution >= 0.6 is 11.3 Å². The number of aryl methyl sites for hydroxylation is 1. The number of aromatic nitrogens is 3. The average molecular weight is 907 g/mol. The number of alkyl carbamates (subject to hydrolysis) is 1. The van der Waals surface area contributed by atoms with Gasteiger partial charge in [-0.25, -0.2) is 14.8 Å². The summed E-state index contributed by atoms with van der Waals surface area (Å²) < 4.78 is 53.2. The Kier molecular flexibility index (Phi) is 22.6. The third-order valence-corrected chi connectivity index (χ3v) is 12.2. The largest absolute Gasteiger partial charge is 0.444 e. The molecule has 2 saturated heterocycles. The molecule has 3 N–H and O–H groups in total. The molecule has 0 aliphatic carbocycles. The molecular formula is C45H74N6O11S. The van der Waals surface area contributed by atoms with E-state index in [1.807, 2.05) is 37.0 Å². The Balaban J connectivity index is 0.842. The van der Waals surface area contributed by atoms with Crippen LogP contribution in [0, 0.1) is 5.92 Å². The van der Waals surface area contributed by atoms with E-state index in [1.54, 1.807) is 0 Å². The molecule has 5 heterocycles. The summed E-state index contributed by atoms with van der Waals surface area (Å²) in [5.41, 5.74) is 8.97. The van der Waals surface area contributed by atoms with Crippen LogP contribution in [0.4, 0.5) is 10.6 Å². The van der Waals surface area contributed by atoms with Gasteiger partial charge in [-0.1, -0.05) is 13.3 Å². The number of carbonyl (C=O) groups excluding carboxylic acids is 2. The van der Waals surface area contributed by atoms with Gasteiger partial charge in [0.1, 0.15) is 16.9 Å². The molecule has 356 valence electrons. The molecule has 3 aromatic rings. The predicted molar refractivity (Wildman–Crippen MR) is 243 cm³/mol. The Morgan fingerprint density at radius 1 is 0.810 bits per heavy atom. The Morgan fingerprint density at radius 2 is 1.37 bits per heavy atom. The fourth-order valence-corrected chi connectivity index (χ4v) is 8.87. The first kappa shape index (κ1) is 50.8. The molecule has 17 nitrogen and oxygen atoms in total. The third kappa shape index (κ3) is 18.0. The molecule has 2 fully saturated rings. The fraction of sp³-hybridized carbons (Fsp3) is 0.778. The van der Waals surface area contributed by atoms with Gasteiger partial charge in [-0.3, -0.25) is 4.79 Å². The SMILES string of the molecule is CCCCc1nc2c(N)nc3cc(C4CCN(C(=O)CCOCCOCCOCCOCCOCCOCCOCCNC(=O)OC(C)(C)C)CC4)sc3c2n1CC1CCOCC1. The number of imidazole rings is 1. The molecule has 5 rings (SSSR count). The van der Waals surface area contributed by atoms with E-state index >= 15 is 0 Å². The van der Waals surface area contributed by atoms with Crippen LogP contribution in [-0.4, -0.2) is 162 Å². The quantitative estimate of drug-likeness (QED) is 0.0772. The van der Waals surface area contributed by atoms with Crippen molar-refractivity contribution in [2.45, 2.75) is 97.1 Å². The molecule has 18 heteroatoms. The van der Waals surface area contributed by atoms with E-state index in [1.165, 1.54) is 9.58 Å². The molecule has 0 aromatic carbocycles. The van der Waals surface area contributed by atoms with Gasteiger partial charge in [0.15, 0.2) is 5.82 Å². The van der Waals surface area contributed by atoms with Crippen molar-refractivity contribution in [1.82, 2.24) is 24.8 Å². The van der Waals surface area contributed by atoms with E-state index in [4.69, 9.17) is 58.3 Å². The van der Waals surface area contributed by atoms with E-state index in [9.17, 15) is 9.59 Å². The zero-order valence-electron chi connectivity index (χ0n) is 38.3. The molecular weight excluding hydrogens is 833 g/mol. The van der Waals surface area contributed by atoms with Crippen molar-refractivity contribution in [2.75, 3.05) is 131 Å². The van der Waals surface area contributed by atoms with Gasteiger partial charge in [0.05, 0.1) is 115 Å². The zero-order chi connectivity index (χ0) is 44.7. The predicted octanol–water partition coefficient (Wildman–Crippen LogP) is 5.73. The number of nitrogens with one attached hydrogen (secondary N) is 1. The van der Waals surface area contributed by atoms with Gasteiger partial charge in [-0.15, -0.1) is 11.3 Å². The number of likely N-dealkylation sites (tertiary alicyclic amines) is 1. The standard InChI is InChI=1S/C45H74N6O11S/c1-5-6-7-38-49-40-41(51(38)33-34-10-16-54-17-11-34)42-36(48-43(40)46)32-37(63-42)35-8-14-50(15-9-35)39(52)12-18-55-20-22-57-24-26-59-28-30-61-31-29-60-27-25-58-23-21-56-19-13-47-44(53)62-45(2,3)4/h32,34-35H,5-31,33H2,1-4H3,(H2,46,48)(H,47,53). The van der Waals surface area contributed by atoms with Crippen LogP contribution < -0.4 is 11.1 Å². The van der Waals surface area contributed by atoms with Gasteiger partial charge in [0.2, 0.25) is 5.91 Å². The molecule has 0 unspecified atom stereocenters. The van der Waals surface area contributed by atoms with Crippen LogP contribution in [0.5, 0.6) is 0 Å². The first-order valence-corrected chi connectivity index (χ1v) is 23.9. The first-order valence-electron chi connectivity index (χ1n) is 23.1. The zero-order valence-corrected chi connectivity index (χ0v) is 39.1. The third-order valence-electron chi connectivity index (χ3n) is 10.9. The first-order chi connectivity index (χ1) is 30.6. The van der Waals surface area contributed by atoms with Gasteiger partial charge in [0.25, 0.3) is 0 Å². The second kappa shape index (κ2) is 28.0. The number of carbonyl (C=O) groups is 2. The number of rotatable bonds is 30. The molecule has 2 aliphatic rings. The lowest BCUT2D eigenvalue weighted by Crippen LogP contribution is -2.38. The molecule has 0 bridgehead atoms. The molecule has 3 aromatic heterocycles. The summed E-state index contributed by atoms with van der Waals surface area (Å²) in [6.07, 6.45) is 7.03. The minimum atomic E-state index is -0.519. The normalized spacial score (nSPS) is 15.5. The maximum atomic E-state index is 13.0. The van der Waals surface area contributed by atoms with Crippen molar-refractivity contribution < 1.29 is 52.2 Å². The van der Waals surface area contributed by atoms with Gasteiger partial charge in [-0.2, -0.15) is 0 Å². The second-order valence-electron chi connectivity index (χ2n) is 17.0. The molecule has 0 spiro atoms. The van der Waals surface area contributed by atoms with E-state index in [-0.39, 0.29) is 5.91 Å². The van der Waals surface area contributed by atoms with Crippen LogP contribution in [0.2, 0.25) is 0 Å². The number of anilines is 1. The van der Waals surface area contributed by atoms with Crippen molar-refractivity contribution in [3.05, 3.63) is 16.8 Å². The van der Waals surface area contributed by atoms with Crippen LogP contribution in [0.3, 0.4) is 0 Å². The summed E-state index contributed by atoms with van der Waals surface area (Å²) in [5, 5.41) is 2.64. The number of pyridine rings is 1. The van der Waals surface area contributed by atoms with Crippen LogP contribution in [0.25, 0.3) is 21.3 Å². The Hall–Kier alpha value is -3.20. The number of nitrogen functional groups attached to an aromatic ring is 1. The molecule has 63 heavy (non-hydrogen) atoms. The Morgan fingerprint density at radius 3 is 1.92 bits per heavy atom. The van der Waals surface area contributed by atoms with Gasteiger partial charge in [0, 0.05) is 50.7 Å². The van der Waals surface area contributed by atoms with Crippen molar-refractivity contribution >= 4 is 50.4 Å². The topological polar surface area (TPSA) is 189 Å². The minimum absolute atomic E-state index is 0.135. The monoisotopic (exact) mass is 907 g/mol. The number of nitrogens with zero attached hydrogens (tertiary/aromatic N) is 4. The average Bonchev–Trinajstić information content (AvgIpc) is 3.85. The van der Waals surface area contributed by atoms with E-state index in [2.05, 4.69) is 22.9 Å². The molecule has 0 radical (unpaired) electrons. The smallest absolute Gasteiger partial charge is 0.407 e. The van der Waals surface area contributed by atoms with Gasteiger partial charge >= 0.3 is 6.09 Å². The fourth-order valence-electron chi connectivity index (χ4n) is 7.55. The number of hydrogen-bond donors (Lipinski definition) is 2. The van der Waals surface area contributed by atoms with Crippen molar-refractivity contribution in [1.29, 1.82) is 0 Å². The Labute approximate surface area is 377 Å². The molecule has 2 aliphatic heterocycles. The summed E-state index contributed by atoms with van der Waals surface area (Å²) >= 11 is 1.83. The Bertz CT molecular complexity index is 1770. The minimum Gasteiger partial charge on any atom is -0.444 e. The van der Waals surface area contributed by atoms with Crippen molar-refractivity contribution in [3.8, 4) is 0 Å². The van der Waals surface area contributed by atoms with Crippen LogP contribution in [-0.2, 0) is 60.4 Å².